The summed E-state index contributed by atoms with van der Waals surface area (Å²) in [5.41, 5.74) is 9.82. The number of anilines is 2. The van der Waals surface area contributed by atoms with Gasteiger partial charge in [0.2, 0.25) is 5.91 Å². The molecule has 0 aliphatic carbocycles. The summed E-state index contributed by atoms with van der Waals surface area (Å²) in [5.74, 6) is -0.210. The number of nitrogens with zero attached hydrogens (tertiary/aromatic N) is 1. The second-order valence-corrected chi connectivity index (χ2v) is 6.13. The fourth-order valence-corrected chi connectivity index (χ4v) is 2.25. The zero-order valence-electron chi connectivity index (χ0n) is 15.0. The van der Waals surface area contributed by atoms with Gasteiger partial charge in [-0.15, -0.1) is 24.8 Å². The Balaban J connectivity index is 0.00000288. The lowest BCUT2D eigenvalue weighted by molar-refractivity contribution is -0.117. The van der Waals surface area contributed by atoms with Crippen molar-refractivity contribution in [2.45, 2.75) is 32.9 Å². The van der Waals surface area contributed by atoms with Crippen molar-refractivity contribution in [3.05, 3.63) is 59.7 Å². The molecule has 25 heavy (non-hydrogen) atoms. The molecule has 0 aromatic heterocycles. The molecule has 2 aromatic carbocycles. The fraction of sp³-hybridized carbons (Fsp3) is 0.316. The van der Waals surface area contributed by atoms with Crippen molar-refractivity contribution in [3.8, 4) is 0 Å². The van der Waals surface area contributed by atoms with Crippen LogP contribution in [0.25, 0.3) is 0 Å². The summed E-state index contributed by atoms with van der Waals surface area (Å²) in [5, 5.41) is 2.90. The zero-order valence-corrected chi connectivity index (χ0v) is 16.7. The Morgan fingerprint density at radius 3 is 2.24 bits per heavy atom. The highest BCUT2D eigenvalue weighted by Gasteiger charge is 2.16. The minimum atomic E-state index is -0.679. The Labute approximate surface area is 162 Å². The predicted octanol–water partition coefficient (Wildman–Crippen LogP) is 4.32. The number of aryl methyl sites for hydroxylation is 1. The summed E-state index contributed by atoms with van der Waals surface area (Å²) in [6.07, 6.45) is 0. The summed E-state index contributed by atoms with van der Waals surface area (Å²) in [4.78, 5) is 14.5. The predicted molar refractivity (Wildman–Crippen MR) is 111 cm³/mol. The maximum atomic E-state index is 12.4. The first kappa shape index (κ1) is 23.2. The summed E-state index contributed by atoms with van der Waals surface area (Å²) in [6.45, 7) is 6.25. The van der Waals surface area contributed by atoms with Gasteiger partial charge in [0.1, 0.15) is 6.04 Å². The number of nitrogens with two attached hydrogens (primary N) is 1. The standard InChI is InChI=1S/C19H25N3O.2ClH/c1-13(2)22(4)17-7-5-6-16(12-17)21-19(23)18(20)15-10-8-14(3)9-11-15;;/h5-13,18H,20H2,1-4H3,(H,21,23);2*1H. The maximum absolute atomic E-state index is 12.4. The van der Waals surface area contributed by atoms with Crippen molar-refractivity contribution in [1.29, 1.82) is 0 Å². The molecular weight excluding hydrogens is 357 g/mol. The first-order chi connectivity index (χ1) is 10.9. The van der Waals surface area contributed by atoms with Crippen molar-refractivity contribution in [3.63, 3.8) is 0 Å². The molecule has 0 fully saturated rings. The fourth-order valence-electron chi connectivity index (χ4n) is 2.25. The minimum Gasteiger partial charge on any atom is -0.372 e. The summed E-state index contributed by atoms with van der Waals surface area (Å²) >= 11 is 0. The van der Waals surface area contributed by atoms with Crippen LogP contribution < -0.4 is 16.0 Å². The van der Waals surface area contributed by atoms with Gasteiger partial charge >= 0.3 is 0 Å². The van der Waals surface area contributed by atoms with E-state index in [4.69, 9.17) is 5.73 Å². The van der Waals surface area contributed by atoms with Crippen LogP contribution >= 0.6 is 24.8 Å². The molecule has 0 saturated carbocycles. The number of halogens is 2. The lowest BCUT2D eigenvalue weighted by atomic mass is 10.1. The van der Waals surface area contributed by atoms with Crippen LogP contribution in [0.1, 0.15) is 31.0 Å². The molecule has 138 valence electrons. The molecule has 2 aromatic rings. The molecule has 0 saturated heterocycles. The second-order valence-electron chi connectivity index (χ2n) is 6.13. The highest BCUT2D eigenvalue weighted by molar-refractivity contribution is 5.95. The molecule has 0 aliphatic rings. The number of carbonyl (C=O) groups excluding carboxylic acids is 1. The van der Waals surface area contributed by atoms with E-state index in [-0.39, 0.29) is 30.7 Å². The molecular formula is C19H27Cl2N3O. The van der Waals surface area contributed by atoms with E-state index in [0.29, 0.717) is 6.04 Å². The summed E-state index contributed by atoms with van der Waals surface area (Å²) in [7, 11) is 2.03. The lowest BCUT2D eigenvalue weighted by Gasteiger charge is -2.24. The van der Waals surface area contributed by atoms with Crippen molar-refractivity contribution in [2.24, 2.45) is 5.73 Å². The Hall–Kier alpha value is -1.75. The second kappa shape index (κ2) is 10.3. The Bertz CT molecular complexity index is 675. The van der Waals surface area contributed by atoms with Gasteiger partial charge in [0, 0.05) is 24.5 Å². The van der Waals surface area contributed by atoms with E-state index in [0.717, 1.165) is 22.5 Å². The van der Waals surface area contributed by atoms with Crippen molar-refractivity contribution < 1.29 is 4.79 Å². The summed E-state index contributed by atoms with van der Waals surface area (Å²) < 4.78 is 0. The van der Waals surface area contributed by atoms with Crippen molar-refractivity contribution in [2.75, 3.05) is 17.3 Å². The number of benzene rings is 2. The number of hydrogen-bond acceptors (Lipinski definition) is 3. The van der Waals surface area contributed by atoms with Crippen LogP contribution in [0.4, 0.5) is 11.4 Å². The van der Waals surface area contributed by atoms with E-state index in [9.17, 15) is 4.79 Å². The van der Waals surface area contributed by atoms with Crippen LogP contribution in [-0.4, -0.2) is 19.0 Å². The first-order valence-corrected chi connectivity index (χ1v) is 7.84. The smallest absolute Gasteiger partial charge is 0.245 e. The van der Waals surface area contributed by atoms with E-state index < -0.39 is 6.04 Å². The van der Waals surface area contributed by atoms with Gasteiger partial charge in [0.25, 0.3) is 0 Å². The summed E-state index contributed by atoms with van der Waals surface area (Å²) in [6, 6.07) is 15.2. The molecule has 0 heterocycles. The van der Waals surface area contributed by atoms with Crippen LogP contribution in [0.15, 0.2) is 48.5 Å². The van der Waals surface area contributed by atoms with E-state index in [2.05, 4.69) is 24.1 Å². The van der Waals surface area contributed by atoms with Crippen molar-refractivity contribution in [1.82, 2.24) is 0 Å². The van der Waals surface area contributed by atoms with Crippen LogP contribution in [0.5, 0.6) is 0 Å². The van der Waals surface area contributed by atoms with Gasteiger partial charge in [-0.05, 0) is 44.5 Å². The maximum Gasteiger partial charge on any atom is 0.245 e. The average molecular weight is 384 g/mol. The highest BCUT2D eigenvalue weighted by atomic mass is 35.5. The van der Waals surface area contributed by atoms with Gasteiger partial charge in [-0.25, -0.2) is 0 Å². The van der Waals surface area contributed by atoms with E-state index in [1.165, 1.54) is 0 Å². The molecule has 0 spiro atoms. The van der Waals surface area contributed by atoms with Crippen LogP contribution in [0, 0.1) is 6.92 Å². The van der Waals surface area contributed by atoms with E-state index in [1.807, 2.05) is 62.5 Å². The molecule has 0 aliphatic heterocycles. The quantitative estimate of drug-likeness (QED) is 0.807. The number of nitrogens with one attached hydrogen (secondary N) is 1. The zero-order chi connectivity index (χ0) is 17.0. The SMILES string of the molecule is Cc1ccc(C(N)C(=O)Nc2cccc(N(C)C(C)C)c2)cc1.Cl.Cl. The Morgan fingerprint density at radius 1 is 1.08 bits per heavy atom. The third-order valence-electron chi connectivity index (χ3n) is 4.01. The first-order valence-electron chi connectivity index (χ1n) is 7.84. The normalized spacial score (nSPS) is 11.1. The monoisotopic (exact) mass is 383 g/mol. The van der Waals surface area contributed by atoms with E-state index in [1.54, 1.807) is 0 Å². The molecule has 6 heteroatoms. The third kappa shape index (κ3) is 6.24. The van der Waals surface area contributed by atoms with Gasteiger partial charge in [-0.2, -0.15) is 0 Å². The molecule has 1 unspecified atom stereocenters. The molecule has 3 N–H and O–H groups in total. The van der Waals surface area contributed by atoms with Crippen LogP contribution in [0.2, 0.25) is 0 Å². The number of amides is 1. The highest BCUT2D eigenvalue weighted by Crippen LogP contribution is 2.21. The number of carbonyl (C=O) groups is 1. The Kier molecular flexibility index (Phi) is 9.57. The van der Waals surface area contributed by atoms with Crippen LogP contribution in [0.3, 0.4) is 0 Å². The van der Waals surface area contributed by atoms with Gasteiger partial charge in [-0.1, -0.05) is 35.9 Å². The number of hydrogen-bond donors (Lipinski definition) is 2. The molecule has 4 nitrogen and oxygen atoms in total. The molecule has 1 amide bonds. The van der Waals surface area contributed by atoms with E-state index >= 15 is 0 Å². The van der Waals surface area contributed by atoms with Gasteiger partial charge in [-0.3, -0.25) is 4.79 Å². The topological polar surface area (TPSA) is 58.4 Å². The van der Waals surface area contributed by atoms with Gasteiger partial charge < -0.3 is 16.0 Å². The van der Waals surface area contributed by atoms with Gasteiger partial charge in [0.15, 0.2) is 0 Å². The molecule has 0 bridgehead atoms. The molecule has 1 atom stereocenters. The largest absolute Gasteiger partial charge is 0.372 e. The van der Waals surface area contributed by atoms with Crippen molar-refractivity contribution >= 4 is 42.1 Å². The third-order valence-corrected chi connectivity index (χ3v) is 4.01. The van der Waals surface area contributed by atoms with Gasteiger partial charge in [0.05, 0.1) is 0 Å². The molecule has 2 rings (SSSR count). The average Bonchev–Trinajstić information content (AvgIpc) is 2.54. The Morgan fingerprint density at radius 2 is 1.68 bits per heavy atom. The minimum absolute atomic E-state index is 0. The lowest BCUT2D eigenvalue weighted by Crippen LogP contribution is -2.28. The number of rotatable bonds is 5. The van der Waals surface area contributed by atoms with Crippen LogP contribution in [-0.2, 0) is 4.79 Å². The molecule has 0 radical (unpaired) electrons.